The normalized spacial score (nSPS) is 17.3. The van der Waals surface area contributed by atoms with E-state index in [0.717, 1.165) is 11.1 Å². The molecule has 0 aliphatic carbocycles. The molecule has 2 N–H and O–H groups in total. The first-order valence-corrected chi connectivity index (χ1v) is 7.53. The third-order valence-electron chi connectivity index (χ3n) is 3.63. The van der Waals surface area contributed by atoms with Crippen molar-refractivity contribution < 1.29 is 14.3 Å². The van der Waals surface area contributed by atoms with Crippen LogP contribution in [-0.2, 0) is 9.53 Å². The monoisotopic (exact) mass is 336 g/mol. The highest BCUT2D eigenvalue weighted by atomic mass is 35.5. The van der Waals surface area contributed by atoms with Gasteiger partial charge in [0, 0.05) is 6.54 Å². The summed E-state index contributed by atoms with van der Waals surface area (Å²) in [6.45, 7) is 2.72. The topological polar surface area (TPSA) is 59.6 Å². The fourth-order valence-corrected chi connectivity index (χ4v) is 2.46. The molecular formula is C17H21ClN2O3. The van der Waals surface area contributed by atoms with Gasteiger partial charge in [0.25, 0.3) is 0 Å². The maximum Gasteiger partial charge on any atom is 0.239 e. The summed E-state index contributed by atoms with van der Waals surface area (Å²) in [5, 5.41) is 8.31. The van der Waals surface area contributed by atoms with Crippen LogP contribution in [0.3, 0.4) is 0 Å². The Morgan fingerprint density at radius 2 is 2.09 bits per heavy atom. The van der Waals surface area contributed by atoms with Crippen LogP contribution in [0.2, 0.25) is 0 Å². The number of rotatable bonds is 5. The van der Waals surface area contributed by atoms with Gasteiger partial charge in [-0.05, 0) is 22.9 Å². The summed E-state index contributed by atoms with van der Waals surface area (Å²) in [5.41, 5.74) is 0. The smallest absolute Gasteiger partial charge is 0.239 e. The van der Waals surface area contributed by atoms with Crippen molar-refractivity contribution in [2.75, 3.05) is 32.9 Å². The highest BCUT2D eigenvalue weighted by Crippen LogP contribution is 2.20. The Kier molecular flexibility index (Phi) is 6.65. The van der Waals surface area contributed by atoms with Crippen LogP contribution in [0.15, 0.2) is 42.5 Å². The number of ether oxygens (including phenoxy) is 2. The molecule has 1 aliphatic rings. The van der Waals surface area contributed by atoms with Gasteiger partial charge in [-0.15, -0.1) is 12.4 Å². The van der Waals surface area contributed by atoms with Crippen molar-refractivity contribution in [2.24, 2.45) is 0 Å². The summed E-state index contributed by atoms with van der Waals surface area (Å²) in [7, 11) is 0. The first-order chi connectivity index (χ1) is 10.8. The summed E-state index contributed by atoms with van der Waals surface area (Å²) in [6.07, 6.45) is 0. The first-order valence-electron chi connectivity index (χ1n) is 7.53. The molecule has 124 valence electrons. The van der Waals surface area contributed by atoms with Gasteiger partial charge in [-0.25, -0.2) is 0 Å². The summed E-state index contributed by atoms with van der Waals surface area (Å²) in [6, 6.07) is 13.9. The summed E-state index contributed by atoms with van der Waals surface area (Å²) in [5.74, 6) is 0.772. The Morgan fingerprint density at radius 3 is 2.87 bits per heavy atom. The molecule has 1 heterocycles. The van der Waals surface area contributed by atoms with E-state index in [-0.39, 0.29) is 24.4 Å². The highest BCUT2D eigenvalue weighted by molar-refractivity contribution is 5.85. The highest BCUT2D eigenvalue weighted by Gasteiger charge is 2.20. The second kappa shape index (κ2) is 8.72. The summed E-state index contributed by atoms with van der Waals surface area (Å²) in [4.78, 5) is 11.9. The molecular weight excluding hydrogens is 316 g/mol. The second-order valence-corrected chi connectivity index (χ2v) is 5.23. The molecule has 0 aromatic heterocycles. The number of benzene rings is 2. The number of carbonyl (C=O) groups excluding carboxylic acids is 1. The third kappa shape index (κ3) is 4.82. The van der Waals surface area contributed by atoms with E-state index in [4.69, 9.17) is 9.47 Å². The van der Waals surface area contributed by atoms with Gasteiger partial charge in [0.1, 0.15) is 18.4 Å². The minimum absolute atomic E-state index is 0. The SMILES string of the molecule is Cl.O=C(NCCOc1ccc2ccccc2c1)C1COCCN1. The molecule has 1 aliphatic heterocycles. The average Bonchev–Trinajstić information content (AvgIpc) is 2.59. The molecule has 5 nitrogen and oxygen atoms in total. The van der Waals surface area contributed by atoms with Crippen LogP contribution < -0.4 is 15.4 Å². The quantitative estimate of drug-likeness (QED) is 0.817. The van der Waals surface area contributed by atoms with Crippen LogP contribution in [0.5, 0.6) is 5.75 Å². The Bertz CT molecular complexity index is 645. The number of nitrogens with one attached hydrogen (secondary N) is 2. The van der Waals surface area contributed by atoms with Gasteiger partial charge in [-0.2, -0.15) is 0 Å². The average molecular weight is 337 g/mol. The predicted octanol–water partition coefficient (Wildman–Crippen LogP) is 1.74. The fourth-order valence-electron chi connectivity index (χ4n) is 2.46. The van der Waals surface area contributed by atoms with Crippen molar-refractivity contribution in [3.05, 3.63) is 42.5 Å². The van der Waals surface area contributed by atoms with Crippen LogP contribution >= 0.6 is 12.4 Å². The van der Waals surface area contributed by atoms with Crippen molar-refractivity contribution in [1.29, 1.82) is 0 Å². The molecule has 1 atom stereocenters. The van der Waals surface area contributed by atoms with Gasteiger partial charge >= 0.3 is 0 Å². The lowest BCUT2D eigenvalue weighted by molar-refractivity contribution is -0.126. The van der Waals surface area contributed by atoms with Crippen molar-refractivity contribution in [1.82, 2.24) is 10.6 Å². The van der Waals surface area contributed by atoms with E-state index in [1.807, 2.05) is 30.3 Å². The Labute approximate surface area is 141 Å². The molecule has 6 heteroatoms. The Morgan fingerprint density at radius 1 is 1.26 bits per heavy atom. The lowest BCUT2D eigenvalue weighted by Gasteiger charge is -2.22. The number of morpholine rings is 1. The van der Waals surface area contributed by atoms with E-state index >= 15 is 0 Å². The van der Waals surface area contributed by atoms with Crippen LogP contribution in [0, 0.1) is 0 Å². The lowest BCUT2D eigenvalue weighted by atomic mass is 10.1. The number of fused-ring (bicyclic) bond motifs is 1. The molecule has 0 radical (unpaired) electrons. The predicted molar refractivity (Wildman–Crippen MR) is 92.3 cm³/mol. The standard InChI is InChI=1S/C17H20N2O3.ClH/c20-17(16-12-21-9-7-18-16)19-8-10-22-15-6-5-13-3-1-2-4-14(13)11-15;/h1-6,11,16,18H,7-10,12H2,(H,19,20);1H. The van der Waals surface area contributed by atoms with Gasteiger partial charge in [-0.3, -0.25) is 4.79 Å². The van der Waals surface area contributed by atoms with Crippen molar-refractivity contribution in [3.8, 4) is 5.75 Å². The molecule has 23 heavy (non-hydrogen) atoms. The molecule has 0 bridgehead atoms. The summed E-state index contributed by atoms with van der Waals surface area (Å²) < 4.78 is 11.0. The van der Waals surface area contributed by atoms with Crippen molar-refractivity contribution in [3.63, 3.8) is 0 Å². The zero-order valence-corrected chi connectivity index (χ0v) is 13.6. The fraction of sp³-hybridized carbons (Fsp3) is 0.353. The van der Waals surface area contributed by atoms with E-state index in [1.165, 1.54) is 5.39 Å². The maximum atomic E-state index is 11.9. The number of carbonyl (C=O) groups is 1. The number of amides is 1. The van der Waals surface area contributed by atoms with Gasteiger partial charge in [-0.1, -0.05) is 30.3 Å². The van der Waals surface area contributed by atoms with E-state index in [2.05, 4.69) is 22.8 Å². The lowest BCUT2D eigenvalue weighted by Crippen LogP contribution is -2.51. The minimum atomic E-state index is -0.255. The van der Waals surface area contributed by atoms with Gasteiger partial charge in [0.05, 0.1) is 19.8 Å². The Balaban J connectivity index is 0.00000192. The zero-order valence-electron chi connectivity index (χ0n) is 12.8. The molecule has 0 saturated carbocycles. The molecule has 1 amide bonds. The van der Waals surface area contributed by atoms with Crippen LogP contribution in [0.4, 0.5) is 0 Å². The third-order valence-corrected chi connectivity index (χ3v) is 3.63. The van der Waals surface area contributed by atoms with Crippen LogP contribution in [0.1, 0.15) is 0 Å². The van der Waals surface area contributed by atoms with E-state index in [0.29, 0.717) is 32.9 Å². The molecule has 1 unspecified atom stereocenters. The Hall–Kier alpha value is -1.82. The second-order valence-electron chi connectivity index (χ2n) is 5.23. The van der Waals surface area contributed by atoms with Crippen LogP contribution in [-0.4, -0.2) is 44.9 Å². The largest absolute Gasteiger partial charge is 0.492 e. The maximum absolute atomic E-state index is 11.9. The van der Waals surface area contributed by atoms with Gasteiger partial charge in [0.2, 0.25) is 5.91 Å². The molecule has 3 rings (SSSR count). The van der Waals surface area contributed by atoms with Gasteiger partial charge < -0.3 is 20.1 Å². The summed E-state index contributed by atoms with van der Waals surface area (Å²) >= 11 is 0. The molecule has 1 saturated heterocycles. The van der Waals surface area contributed by atoms with Gasteiger partial charge in [0.15, 0.2) is 0 Å². The first kappa shape index (κ1) is 17.5. The van der Waals surface area contributed by atoms with E-state index in [9.17, 15) is 4.79 Å². The molecule has 2 aromatic carbocycles. The number of halogens is 1. The number of hydrogen-bond acceptors (Lipinski definition) is 4. The molecule has 2 aromatic rings. The van der Waals surface area contributed by atoms with Crippen molar-refractivity contribution in [2.45, 2.75) is 6.04 Å². The number of hydrogen-bond donors (Lipinski definition) is 2. The molecule has 1 fully saturated rings. The van der Waals surface area contributed by atoms with E-state index in [1.54, 1.807) is 0 Å². The van der Waals surface area contributed by atoms with E-state index < -0.39 is 0 Å². The zero-order chi connectivity index (χ0) is 15.2. The van der Waals surface area contributed by atoms with Crippen molar-refractivity contribution >= 4 is 29.1 Å². The van der Waals surface area contributed by atoms with Crippen LogP contribution in [0.25, 0.3) is 10.8 Å². The minimum Gasteiger partial charge on any atom is -0.492 e. The molecule has 0 spiro atoms.